The second kappa shape index (κ2) is 26.7. The third kappa shape index (κ3) is 25.3. The third-order valence-corrected chi connectivity index (χ3v) is 21.9. The van der Waals surface area contributed by atoms with E-state index in [-0.39, 0.29) is 29.0 Å². The van der Waals surface area contributed by atoms with Crippen molar-refractivity contribution in [3.8, 4) is 0 Å². The summed E-state index contributed by atoms with van der Waals surface area (Å²) >= 11 is 10.6. The number of nitrogens with zero attached hydrogens (tertiary/aromatic N) is 1. The summed E-state index contributed by atoms with van der Waals surface area (Å²) in [7, 11) is -5.83. The average Bonchev–Trinajstić information content (AvgIpc) is 3.14. The first-order valence-electron chi connectivity index (χ1n) is 23.7. The van der Waals surface area contributed by atoms with E-state index in [2.05, 4.69) is 66.6 Å². The topological polar surface area (TPSA) is 113 Å². The van der Waals surface area contributed by atoms with Crippen LogP contribution in [-0.4, -0.2) is 104 Å². The predicted octanol–water partition coefficient (Wildman–Crippen LogP) is 14.0. The molecule has 0 N–H and O–H groups in total. The summed E-state index contributed by atoms with van der Waals surface area (Å²) in [6, 6.07) is 8.12. The van der Waals surface area contributed by atoms with Gasteiger partial charge in [0.15, 0.2) is 10.1 Å². The molecule has 378 valence electrons. The summed E-state index contributed by atoms with van der Waals surface area (Å²) < 4.78 is 69.4. The van der Waals surface area contributed by atoms with Crippen molar-refractivity contribution in [2.45, 2.75) is 221 Å². The number of rotatable bonds is 33. The molecule has 15 heteroatoms. The SMILES string of the molecule is CCOC(=S)CCC(C)(C)OCCC(C)(C)OP(=O)(OCCN=Cc1ccc(COC(C)(C)CCOC(C)(C)[Si](C)(C)C(C)(C)C)cc1)OC(C)(C)CCOC(C)(C)CCC(=S)OCC. The Morgan fingerprint density at radius 3 is 1.45 bits per heavy atom. The number of hydrogen-bond acceptors (Lipinski definition) is 13. The van der Waals surface area contributed by atoms with Gasteiger partial charge in [-0.2, -0.15) is 0 Å². The molecule has 0 aromatic heterocycles. The second-order valence-corrected chi connectivity index (χ2v) is 30.5. The van der Waals surface area contributed by atoms with E-state index < -0.39 is 38.3 Å². The van der Waals surface area contributed by atoms with E-state index in [0.29, 0.717) is 88.3 Å². The lowest BCUT2D eigenvalue weighted by molar-refractivity contribution is -0.0681. The van der Waals surface area contributed by atoms with Gasteiger partial charge in [-0.05, 0) is 170 Å². The summed E-state index contributed by atoms with van der Waals surface area (Å²) in [5.41, 5.74) is -1.07. The van der Waals surface area contributed by atoms with Crippen LogP contribution in [0.25, 0.3) is 0 Å². The first kappa shape index (κ1) is 61.9. The number of phosphoric ester groups is 1. The van der Waals surface area contributed by atoms with Gasteiger partial charge in [0.25, 0.3) is 0 Å². The van der Waals surface area contributed by atoms with Crippen molar-refractivity contribution in [1.82, 2.24) is 0 Å². The van der Waals surface area contributed by atoms with Gasteiger partial charge in [0.2, 0.25) is 0 Å². The molecule has 1 aromatic carbocycles. The van der Waals surface area contributed by atoms with Crippen LogP contribution >= 0.6 is 32.3 Å². The number of aliphatic imine (C=N–C) groups is 1. The molecule has 0 spiro atoms. The summed E-state index contributed by atoms with van der Waals surface area (Å²) in [6.07, 6.45) is 6.10. The van der Waals surface area contributed by atoms with Crippen molar-refractivity contribution in [2.75, 3.05) is 46.2 Å². The maximum atomic E-state index is 14.5. The highest BCUT2D eigenvalue weighted by Gasteiger charge is 2.48. The minimum atomic E-state index is -4.13. The molecule has 65 heavy (non-hydrogen) atoms. The van der Waals surface area contributed by atoms with Crippen molar-refractivity contribution < 1.29 is 46.6 Å². The molecule has 0 radical (unpaired) electrons. The zero-order chi connectivity index (χ0) is 50.0. The van der Waals surface area contributed by atoms with Crippen LogP contribution in [0.1, 0.15) is 174 Å². The number of hydrogen-bond donors (Lipinski definition) is 0. The lowest BCUT2D eigenvalue weighted by Gasteiger charge is -2.48. The minimum Gasteiger partial charge on any atom is -0.487 e. The predicted molar refractivity (Wildman–Crippen MR) is 280 cm³/mol. The van der Waals surface area contributed by atoms with Crippen molar-refractivity contribution in [1.29, 1.82) is 0 Å². The quantitative estimate of drug-likeness (QED) is 0.0220. The highest BCUT2D eigenvalue weighted by molar-refractivity contribution is 7.80. The smallest absolute Gasteiger partial charge is 0.475 e. The normalized spacial score (nSPS) is 14.0. The summed E-state index contributed by atoms with van der Waals surface area (Å²) in [4.78, 5) is 4.57. The number of thiocarbonyl (C=S) groups is 2. The molecule has 1 rings (SSSR count). The van der Waals surface area contributed by atoms with E-state index in [1.807, 2.05) is 93.5 Å². The van der Waals surface area contributed by atoms with Crippen LogP contribution in [0.3, 0.4) is 0 Å². The zero-order valence-electron chi connectivity index (χ0n) is 44.3. The maximum absolute atomic E-state index is 14.5. The van der Waals surface area contributed by atoms with Gasteiger partial charge in [0.05, 0.1) is 87.5 Å². The molecule has 0 amide bonds. The second-order valence-electron chi connectivity index (χ2n) is 22.1. The molecule has 0 atom stereocenters. The van der Waals surface area contributed by atoms with Crippen LogP contribution in [0.15, 0.2) is 29.3 Å². The van der Waals surface area contributed by atoms with Gasteiger partial charge in [-0.15, -0.1) is 0 Å². The van der Waals surface area contributed by atoms with Crippen LogP contribution in [0, 0.1) is 0 Å². The first-order valence-corrected chi connectivity index (χ1v) is 29.0. The van der Waals surface area contributed by atoms with E-state index in [1.165, 1.54) is 0 Å². The van der Waals surface area contributed by atoms with E-state index in [1.54, 1.807) is 6.21 Å². The number of phosphoric acid groups is 1. The van der Waals surface area contributed by atoms with Crippen LogP contribution in [0.5, 0.6) is 0 Å². The summed E-state index contributed by atoms with van der Waals surface area (Å²) in [5, 5.41) is 1.24. The Morgan fingerprint density at radius 2 is 1.02 bits per heavy atom. The van der Waals surface area contributed by atoms with Gasteiger partial charge in [-0.1, -0.05) is 58.1 Å². The van der Waals surface area contributed by atoms with Gasteiger partial charge in [-0.25, -0.2) is 4.57 Å². The Kier molecular flexibility index (Phi) is 25.4. The molecule has 0 fully saturated rings. The molecule has 0 saturated heterocycles. The van der Waals surface area contributed by atoms with Crippen molar-refractivity contribution in [3.63, 3.8) is 0 Å². The fraction of sp³-hybridized carbons (Fsp3) is 0.820. The molecule has 0 aliphatic carbocycles. The third-order valence-electron chi connectivity index (χ3n) is 12.5. The Morgan fingerprint density at radius 1 is 0.600 bits per heavy atom. The molecule has 0 aliphatic heterocycles. The molecular weight excluding hydrogens is 898 g/mol. The standard InChI is InChI=1S/C50H92NO10PS2Si/c1-20-53-42(63)26-28-45(6,7)55-34-31-48(12,13)60-62(52,61-49(14,15)32-35-56-46(8,9)29-27-43(64)54-21-2)59-37-33-51-38-40-22-24-41(25-23-40)39-58-47(10,11)30-36-57-50(16,17)65(18,19)44(3,4)5/h22-25,38H,20-21,26-37,39H2,1-19H3. The van der Waals surface area contributed by atoms with Crippen LogP contribution in [0.4, 0.5) is 0 Å². The van der Waals surface area contributed by atoms with Crippen molar-refractivity contribution in [3.05, 3.63) is 35.4 Å². The van der Waals surface area contributed by atoms with Crippen LogP contribution in [-0.2, 0) is 53.2 Å². The Hall–Kier alpha value is -1.16. The molecular formula is C50H92NO10PS2Si. The zero-order valence-corrected chi connectivity index (χ0v) is 47.8. The van der Waals surface area contributed by atoms with E-state index in [4.69, 9.17) is 66.4 Å². The number of ether oxygens (including phenoxy) is 6. The van der Waals surface area contributed by atoms with Crippen LogP contribution < -0.4 is 0 Å². The Labute approximate surface area is 408 Å². The largest absolute Gasteiger partial charge is 0.487 e. The Balaban J connectivity index is 2.93. The van der Waals surface area contributed by atoms with E-state index in [9.17, 15) is 4.57 Å². The highest BCUT2D eigenvalue weighted by atomic mass is 32.1. The fourth-order valence-corrected chi connectivity index (χ4v) is 10.9. The molecule has 1 aromatic rings. The van der Waals surface area contributed by atoms with Crippen LogP contribution in [0.2, 0.25) is 18.1 Å². The molecule has 0 saturated carbocycles. The van der Waals surface area contributed by atoms with Gasteiger partial charge in [0.1, 0.15) is 0 Å². The van der Waals surface area contributed by atoms with Gasteiger partial charge < -0.3 is 28.4 Å². The minimum absolute atomic E-state index is 0.0181. The molecule has 0 heterocycles. The van der Waals surface area contributed by atoms with Crippen molar-refractivity contribution in [2.24, 2.45) is 4.99 Å². The first-order chi connectivity index (χ1) is 29.6. The monoisotopic (exact) mass is 990 g/mol. The molecule has 0 unspecified atom stereocenters. The lowest BCUT2D eigenvalue weighted by Crippen LogP contribution is -2.58. The maximum Gasteiger partial charge on any atom is 0.475 e. The average molecular weight is 990 g/mol. The van der Waals surface area contributed by atoms with E-state index >= 15 is 0 Å². The number of benzene rings is 1. The summed E-state index contributed by atoms with van der Waals surface area (Å²) in [6.45, 7) is 43.1. The molecule has 11 nitrogen and oxygen atoms in total. The summed E-state index contributed by atoms with van der Waals surface area (Å²) in [5.74, 6) is 0. The van der Waals surface area contributed by atoms with E-state index in [0.717, 1.165) is 17.5 Å². The Bertz CT molecular complexity index is 1600. The fourth-order valence-electron chi connectivity index (χ4n) is 6.39. The molecule has 0 bridgehead atoms. The lowest BCUT2D eigenvalue weighted by atomic mass is 10.0. The highest BCUT2D eigenvalue weighted by Crippen LogP contribution is 2.56. The molecule has 0 aliphatic rings. The van der Waals surface area contributed by atoms with Gasteiger partial charge >= 0.3 is 7.82 Å². The van der Waals surface area contributed by atoms with Gasteiger partial charge in [0, 0.05) is 25.7 Å². The van der Waals surface area contributed by atoms with Crippen molar-refractivity contribution >= 4 is 56.6 Å². The van der Waals surface area contributed by atoms with Gasteiger partial charge in [-0.3, -0.25) is 18.6 Å².